The summed E-state index contributed by atoms with van der Waals surface area (Å²) in [5, 5.41) is 2.93. The normalized spacial score (nSPS) is 24.6. The van der Waals surface area contributed by atoms with Crippen molar-refractivity contribution in [3.8, 4) is 0 Å². The number of nitrogens with two attached hydrogens (primary N) is 1. The molecule has 0 saturated carbocycles. The predicted octanol–water partition coefficient (Wildman–Crippen LogP) is 1.04. The molecule has 1 heterocycles. The summed E-state index contributed by atoms with van der Waals surface area (Å²) in [6.45, 7) is 5.26. The van der Waals surface area contributed by atoms with Crippen molar-refractivity contribution in [2.45, 2.75) is 32.4 Å². The minimum absolute atomic E-state index is 0.0309. The van der Waals surface area contributed by atoms with Gasteiger partial charge in [-0.15, -0.1) is 0 Å². The maximum Gasteiger partial charge on any atom is 0.244 e. The smallest absolute Gasteiger partial charge is 0.244 e. The Morgan fingerprint density at radius 1 is 1.50 bits per heavy atom. The molecule has 2 atom stereocenters. The number of hydrogen-bond acceptors (Lipinski definition) is 3. The number of nitrogens with one attached hydrogen (secondary N) is 1. The van der Waals surface area contributed by atoms with Gasteiger partial charge in [0.2, 0.25) is 5.91 Å². The fourth-order valence-electron chi connectivity index (χ4n) is 2.54. The number of anilines is 1. The van der Waals surface area contributed by atoms with Crippen LogP contribution in [0.2, 0.25) is 0 Å². The second kappa shape index (κ2) is 5.40. The molecule has 1 aromatic carbocycles. The van der Waals surface area contributed by atoms with E-state index in [2.05, 4.69) is 36.2 Å². The van der Waals surface area contributed by atoms with E-state index in [1.807, 2.05) is 12.1 Å². The highest BCUT2D eigenvalue weighted by Gasteiger charge is 2.31. The fraction of sp³-hybridized carbons (Fsp3) is 0.500. The van der Waals surface area contributed by atoms with Crippen molar-refractivity contribution in [3.63, 3.8) is 0 Å². The van der Waals surface area contributed by atoms with Gasteiger partial charge in [0.15, 0.2) is 0 Å². The summed E-state index contributed by atoms with van der Waals surface area (Å²) in [5.74, 6) is 0.0309. The Kier molecular flexibility index (Phi) is 3.87. The van der Waals surface area contributed by atoms with Gasteiger partial charge in [-0.3, -0.25) is 4.79 Å². The molecule has 1 aliphatic rings. The average molecular weight is 247 g/mol. The molecule has 98 valence electrons. The van der Waals surface area contributed by atoms with Gasteiger partial charge < -0.3 is 16.0 Å². The van der Waals surface area contributed by atoms with Crippen LogP contribution in [0.4, 0.5) is 5.69 Å². The van der Waals surface area contributed by atoms with Crippen molar-refractivity contribution in [2.24, 2.45) is 5.73 Å². The molecular weight excluding hydrogens is 226 g/mol. The largest absolute Gasteiger partial charge is 0.356 e. The Balaban J connectivity index is 2.38. The number of benzene rings is 1. The van der Waals surface area contributed by atoms with Crippen molar-refractivity contribution >= 4 is 11.6 Å². The molecule has 1 fully saturated rings. The fourth-order valence-corrected chi connectivity index (χ4v) is 2.54. The van der Waals surface area contributed by atoms with E-state index >= 15 is 0 Å². The van der Waals surface area contributed by atoms with Crippen LogP contribution in [0.25, 0.3) is 0 Å². The van der Waals surface area contributed by atoms with Crippen LogP contribution in [0.3, 0.4) is 0 Å². The molecule has 1 aliphatic heterocycles. The maximum absolute atomic E-state index is 12.0. The number of amides is 1. The van der Waals surface area contributed by atoms with E-state index in [0.717, 1.165) is 18.7 Å². The number of carbonyl (C=O) groups excluding carboxylic acids is 1. The van der Waals surface area contributed by atoms with Gasteiger partial charge in [-0.05, 0) is 38.0 Å². The van der Waals surface area contributed by atoms with E-state index in [4.69, 9.17) is 5.73 Å². The molecule has 2 unspecified atom stereocenters. The molecule has 1 amide bonds. The van der Waals surface area contributed by atoms with Crippen molar-refractivity contribution in [2.75, 3.05) is 18.0 Å². The van der Waals surface area contributed by atoms with Gasteiger partial charge in [0.05, 0.1) is 0 Å². The van der Waals surface area contributed by atoms with E-state index in [9.17, 15) is 4.79 Å². The molecule has 1 saturated heterocycles. The summed E-state index contributed by atoms with van der Waals surface area (Å²) >= 11 is 0. The summed E-state index contributed by atoms with van der Waals surface area (Å²) in [6.07, 6.45) is 0.941. The van der Waals surface area contributed by atoms with Crippen LogP contribution in [0.5, 0.6) is 0 Å². The zero-order valence-electron chi connectivity index (χ0n) is 11.0. The van der Waals surface area contributed by atoms with Gasteiger partial charge >= 0.3 is 0 Å². The van der Waals surface area contributed by atoms with E-state index in [0.29, 0.717) is 12.6 Å². The molecular formula is C14H21N3O. The van der Waals surface area contributed by atoms with Gasteiger partial charge in [0, 0.05) is 24.8 Å². The first-order valence-corrected chi connectivity index (χ1v) is 6.46. The standard InChI is InChI=1S/C14H21N3O/c1-10-4-3-5-12(8-10)17-11(2)6-7-16-14(18)13(17)9-15/h3-5,8,11,13H,6-7,9,15H2,1-2H3,(H,16,18). The topological polar surface area (TPSA) is 58.4 Å². The van der Waals surface area contributed by atoms with Crippen LogP contribution in [-0.2, 0) is 4.79 Å². The highest BCUT2D eigenvalue weighted by atomic mass is 16.2. The molecule has 0 radical (unpaired) electrons. The van der Waals surface area contributed by atoms with Gasteiger partial charge in [0.1, 0.15) is 6.04 Å². The monoisotopic (exact) mass is 247 g/mol. The first-order chi connectivity index (χ1) is 8.63. The quantitative estimate of drug-likeness (QED) is 0.821. The third-order valence-electron chi connectivity index (χ3n) is 3.50. The van der Waals surface area contributed by atoms with Crippen molar-refractivity contribution in [1.82, 2.24) is 5.32 Å². The molecule has 18 heavy (non-hydrogen) atoms. The molecule has 0 aromatic heterocycles. The Bertz CT molecular complexity index is 433. The summed E-state index contributed by atoms with van der Waals surface area (Å²) in [7, 11) is 0. The summed E-state index contributed by atoms with van der Waals surface area (Å²) in [6, 6.07) is 8.27. The molecule has 0 bridgehead atoms. The lowest BCUT2D eigenvalue weighted by Crippen LogP contribution is -2.51. The van der Waals surface area contributed by atoms with Gasteiger partial charge in [-0.2, -0.15) is 0 Å². The first kappa shape index (κ1) is 12.9. The molecule has 4 heteroatoms. The number of hydrogen-bond donors (Lipinski definition) is 2. The molecule has 2 rings (SSSR count). The summed E-state index contributed by atoms with van der Waals surface area (Å²) < 4.78 is 0. The number of carbonyl (C=O) groups is 1. The highest BCUT2D eigenvalue weighted by Crippen LogP contribution is 2.23. The molecule has 1 aromatic rings. The van der Waals surface area contributed by atoms with Crippen LogP contribution in [0.15, 0.2) is 24.3 Å². The highest BCUT2D eigenvalue weighted by molar-refractivity contribution is 5.86. The minimum atomic E-state index is -0.274. The molecule has 4 nitrogen and oxygen atoms in total. The van der Waals surface area contributed by atoms with Crippen molar-refractivity contribution in [3.05, 3.63) is 29.8 Å². The van der Waals surface area contributed by atoms with Crippen LogP contribution in [-0.4, -0.2) is 31.1 Å². The van der Waals surface area contributed by atoms with E-state index in [1.165, 1.54) is 5.56 Å². The van der Waals surface area contributed by atoms with Crippen molar-refractivity contribution in [1.29, 1.82) is 0 Å². The van der Waals surface area contributed by atoms with Crippen LogP contribution < -0.4 is 16.0 Å². The van der Waals surface area contributed by atoms with Gasteiger partial charge in [-0.25, -0.2) is 0 Å². The van der Waals surface area contributed by atoms with E-state index in [-0.39, 0.29) is 11.9 Å². The molecule has 0 spiro atoms. The lowest BCUT2D eigenvalue weighted by Gasteiger charge is -2.34. The second-order valence-electron chi connectivity index (χ2n) is 4.93. The number of rotatable bonds is 2. The van der Waals surface area contributed by atoms with Gasteiger partial charge in [0.25, 0.3) is 0 Å². The lowest BCUT2D eigenvalue weighted by atomic mass is 10.1. The van der Waals surface area contributed by atoms with Crippen LogP contribution in [0, 0.1) is 6.92 Å². The maximum atomic E-state index is 12.0. The number of nitrogens with zero attached hydrogens (tertiary/aromatic N) is 1. The van der Waals surface area contributed by atoms with E-state index < -0.39 is 0 Å². The second-order valence-corrected chi connectivity index (χ2v) is 4.93. The Morgan fingerprint density at radius 3 is 2.94 bits per heavy atom. The SMILES string of the molecule is Cc1cccc(N2C(C)CCNC(=O)C2CN)c1. The summed E-state index contributed by atoms with van der Waals surface area (Å²) in [4.78, 5) is 14.2. The Hall–Kier alpha value is -1.55. The number of aryl methyl sites for hydroxylation is 1. The average Bonchev–Trinajstić information content (AvgIpc) is 2.48. The third kappa shape index (κ3) is 2.48. The molecule has 0 aliphatic carbocycles. The van der Waals surface area contributed by atoms with E-state index in [1.54, 1.807) is 0 Å². The Labute approximate surface area is 108 Å². The lowest BCUT2D eigenvalue weighted by molar-refractivity contribution is -0.121. The van der Waals surface area contributed by atoms with Crippen LogP contribution >= 0.6 is 0 Å². The minimum Gasteiger partial charge on any atom is -0.356 e. The first-order valence-electron chi connectivity index (χ1n) is 6.46. The Morgan fingerprint density at radius 2 is 2.28 bits per heavy atom. The van der Waals surface area contributed by atoms with Gasteiger partial charge in [-0.1, -0.05) is 12.1 Å². The van der Waals surface area contributed by atoms with Crippen LogP contribution in [0.1, 0.15) is 18.9 Å². The zero-order valence-corrected chi connectivity index (χ0v) is 11.0. The third-order valence-corrected chi connectivity index (χ3v) is 3.50. The van der Waals surface area contributed by atoms with Crippen molar-refractivity contribution < 1.29 is 4.79 Å². The summed E-state index contributed by atoms with van der Waals surface area (Å²) in [5.41, 5.74) is 8.06. The predicted molar refractivity (Wildman–Crippen MR) is 73.6 cm³/mol. The molecule has 3 N–H and O–H groups in total. The zero-order chi connectivity index (χ0) is 13.1.